The molecule has 16 heavy (non-hydrogen) atoms. The molecule has 0 atom stereocenters. The summed E-state index contributed by atoms with van der Waals surface area (Å²) in [4.78, 5) is 0. The summed E-state index contributed by atoms with van der Waals surface area (Å²) < 4.78 is 27.2. The van der Waals surface area contributed by atoms with E-state index in [4.69, 9.17) is 0 Å². The summed E-state index contributed by atoms with van der Waals surface area (Å²) >= 11 is 4.44. The first-order valence-corrected chi connectivity index (χ1v) is 7.99. The Morgan fingerprint density at radius 3 is 2.56 bits per heavy atom. The molecule has 0 saturated carbocycles. The molecule has 1 aromatic heterocycles. The van der Waals surface area contributed by atoms with Crippen molar-refractivity contribution in [3.8, 4) is 0 Å². The summed E-state index contributed by atoms with van der Waals surface area (Å²) in [5.74, 6) is 0. The summed E-state index contributed by atoms with van der Waals surface area (Å²) in [6, 6.07) is 3.68. The fraction of sp³-hybridized carbons (Fsp3) is 0.556. The second kappa shape index (κ2) is 6.11. The van der Waals surface area contributed by atoms with Crippen molar-refractivity contribution in [3.63, 3.8) is 0 Å². The Labute approximate surface area is 109 Å². The third-order valence-electron chi connectivity index (χ3n) is 1.78. The van der Waals surface area contributed by atoms with Crippen molar-refractivity contribution in [2.24, 2.45) is 0 Å². The monoisotopic (exact) mass is 326 g/mol. The number of sulfonamides is 1. The molecular weight excluding hydrogens is 312 g/mol. The zero-order valence-corrected chi connectivity index (χ0v) is 12.4. The maximum atomic E-state index is 11.7. The van der Waals surface area contributed by atoms with Crippen molar-refractivity contribution in [3.05, 3.63) is 15.9 Å². The van der Waals surface area contributed by atoms with Crippen LogP contribution in [0.5, 0.6) is 0 Å². The lowest BCUT2D eigenvalue weighted by Crippen LogP contribution is -2.34. The molecule has 7 heteroatoms. The first-order chi connectivity index (χ1) is 7.42. The summed E-state index contributed by atoms with van der Waals surface area (Å²) in [6.45, 7) is 5.06. The highest BCUT2D eigenvalue weighted by atomic mass is 79.9. The van der Waals surface area contributed by atoms with Gasteiger partial charge in [-0.25, -0.2) is 13.1 Å². The van der Waals surface area contributed by atoms with Crippen LogP contribution in [0.2, 0.25) is 0 Å². The Bertz CT molecular complexity index is 428. The van der Waals surface area contributed by atoms with Crippen LogP contribution in [0.3, 0.4) is 0 Å². The van der Waals surface area contributed by atoms with Gasteiger partial charge in [0.1, 0.15) is 4.21 Å². The average Bonchev–Trinajstić information content (AvgIpc) is 2.60. The summed E-state index contributed by atoms with van der Waals surface area (Å²) in [6.07, 6.45) is 0. The van der Waals surface area contributed by atoms with E-state index in [1.165, 1.54) is 11.3 Å². The van der Waals surface area contributed by atoms with Gasteiger partial charge >= 0.3 is 0 Å². The SMILES string of the molecule is CC(C)NCCNS(=O)(=O)c1ccc(Br)s1. The molecule has 4 nitrogen and oxygen atoms in total. The lowest BCUT2D eigenvalue weighted by Gasteiger charge is -2.08. The smallest absolute Gasteiger partial charge is 0.250 e. The Hall–Kier alpha value is 0.0500. The molecule has 1 heterocycles. The fourth-order valence-corrected chi connectivity index (χ4v) is 4.15. The second-order valence-electron chi connectivity index (χ2n) is 3.57. The molecule has 0 aliphatic heterocycles. The van der Waals surface area contributed by atoms with Crippen molar-refractivity contribution in [1.29, 1.82) is 0 Å². The van der Waals surface area contributed by atoms with Crippen molar-refractivity contribution in [1.82, 2.24) is 10.0 Å². The number of rotatable bonds is 6. The van der Waals surface area contributed by atoms with E-state index in [0.29, 0.717) is 23.3 Å². The molecular formula is C9H15BrN2O2S2. The van der Waals surface area contributed by atoms with E-state index < -0.39 is 10.0 Å². The van der Waals surface area contributed by atoms with Gasteiger partial charge in [0.25, 0.3) is 0 Å². The largest absolute Gasteiger partial charge is 0.313 e. The number of thiophene rings is 1. The van der Waals surface area contributed by atoms with Gasteiger partial charge in [-0.3, -0.25) is 0 Å². The number of halogens is 1. The van der Waals surface area contributed by atoms with Crippen molar-refractivity contribution in [2.45, 2.75) is 24.1 Å². The fourth-order valence-electron chi connectivity index (χ4n) is 1.06. The van der Waals surface area contributed by atoms with E-state index in [1.54, 1.807) is 12.1 Å². The third kappa shape index (κ3) is 4.50. The third-order valence-corrected chi connectivity index (χ3v) is 5.36. The van der Waals surface area contributed by atoms with Crippen molar-refractivity contribution in [2.75, 3.05) is 13.1 Å². The first-order valence-electron chi connectivity index (χ1n) is 4.90. The summed E-state index contributed by atoms with van der Waals surface area (Å²) in [5, 5.41) is 3.14. The molecule has 0 radical (unpaired) electrons. The van der Waals surface area contributed by atoms with Gasteiger partial charge in [0, 0.05) is 19.1 Å². The number of nitrogens with one attached hydrogen (secondary N) is 2. The van der Waals surface area contributed by atoms with E-state index in [2.05, 4.69) is 26.0 Å². The van der Waals surface area contributed by atoms with E-state index in [9.17, 15) is 8.42 Å². The van der Waals surface area contributed by atoms with Gasteiger partial charge in [0.15, 0.2) is 0 Å². The molecule has 2 N–H and O–H groups in total. The molecule has 0 aliphatic rings. The second-order valence-corrected chi connectivity index (χ2v) is 8.02. The van der Waals surface area contributed by atoms with Gasteiger partial charge in [-0.1, -0.05) is 13.8 Å². The van der Waals surface area contributed by atoms with Gasteiger partial charge in [-0.15, -0.1) is 11.3 Å². The number of hydrogen-bond donors (Lipinski definition) is 2. The highest BCUT2D eigenvalue weighted by molar-refractivity contribution is 9.11. The lowest BCUT2D eigenvalue weighted by atomic mass is 10.4. The van der Waals surface area contributed by atoms with E-state index in [-0.39, 0.29) is 0 Å². The van der Waals surface area contributed by atoms with E-state index in [1.807, 2.05) is 13.8 Å². The lowest BCUT2D eigenvalue weighted by molar-refractivity contribution is 0.561. The first kappa shape index (κ1) is 14.1. The Morgan fingerprint density at radius 1 is 1.38 bits per heavy atom. The van der Waals surface area contributed by atoms with Gasteiger partial charge in [0.2, 0.25) is 10.0 Å². The van der Waals surface area contributed by atoms with Crippen LogP contribution in [0.1, 0.15) is 13.8 Å². The van der Waals surface area contributed by atoms with Crippen LogP contribution in [-0.4, -0.2) is 27.5 Å². The van der Waals surface area contributed by atoms with Crippen LogP contribution in [0.25, 0.3) is 0 Å². The predicted octanol–water partition coefficient (Wildman–Crippen LogP) is 1.79. The van der Waals surface area contributed by atoms with Crippen LogP contribution in [-0.2, 0) is 10.0 Å². The highest BCUT2D eigenvalue weighted by Gasteiger charge is 2.15. The van der Waals surface area contributed by atoms with Crippen LogP contribution >= 0.6 is 27.3 Å². The number of hydrogen-bond acceptors (Lipinski definition) is 4. The Balaban J connectivity index is 2.47. The van der Waals surface area contributed by atoms with Crippen molar-refractivity contribution >= 4 is 37.3 Å². The molecule has 0 amide bonds. The average molecular weight is 327 g/mol. The summed E-state index contributed by atoms with van der Waals surface area (Å²) in [5.41, 5.74) is 0. The Kier molecular flexibility index (Phi) is 5.39. The minimum absolute atomic E-state index is 0.337. The zero-order chi connectivity index (χ0) is 12.2. The van der Waals surface area contributed by atoms with Crippen LogP contribution < -0.4 is 10.0 Å². The molecule has 0 spiro atoms. The normalized spacial score (nSPS) is 12.2. The maximum absolute atomic E-state index is 11.7. The summed E-state index contributed by atoms with van der Waals surface area (Å²) in [7, 11) is -3.34. The minimum atomic E-state index is -3.34. The molecule has 0 fully saturated rings. The topological polar surface area (TPSA) is 58.2 Å². The van der Waals surface area contributed by atoms with E-state index >= 15 is 0 Å². The molecule has 0 bridgehead atoms. The predicted molar refractivity (Wildman–Crippen MR) is 70.3 cm³/mol. The van der Waals surface area contributed by atoms with Gasteiger partial charge in [-0.05, 0) is 28.1 Å². The Morgan fingerprint density at radius 2 is 2.06 bits per heavy atom. The maximum Gasteiger partial charge on any atom is 0.250 e. The van der Waals surface area contributed by atoms with Gasteiger partial charge in [-0.2, -0.15) is 0 Å². The van der Waals surface area contributed by atoms with Gasteiger partial charge < -0.3 is 5.32 Å². The van der Waals surface area contributed by atoms with Gasteiger partial charge in [0.05, 0.1) is 3.79 Å². The van der Waals surface area contributed by atoms with Crippen LogP contribution in [0, 0.1) is 0 Å². The quantitative estimate of drug-likeness (QED) is 0.783. The molecule has 0 aromatic carbocycles. The molecule has 1 rings (SSSR count). The van der Waals surface area contributed by atoms with Crippen LogP contribution in [0.15, 0.2) is 20.1 Å². The van der Waals surface area contributed by atoms with E-state index in [0.717, 1.165) is 3.79 Å². The van der Waals surface area contributed by atoms with Crippen molar-refractivity contribution < 1.29 is 8.42 Å². The molecule has 1 aromatic rings. The molecule has 0 saturated heterocycles. The standard InChI is InChI=1S/C9H15BrN2O2S2/c1-7(2)11-5-6-12-16(13,14)9-4-3-8(10)15-9/h3-4,7,11-12H,5-6H2,1-2H3. The molecule has 0 unspecified atom stereocenters. The zero-order valence-electron chi connectivity index (χ0n) is 9.16. The molecule has 92 valence electrons. The minimum Gasteiger partial charge on any atom is -0.313 e. The molecule has 0 aliphatic carbocycles. The van der Waals surface area contributed by atoms with Crippen LogP contribution in [0.4, 0.5) is 0 Å². The highest BCUT2D eigenvalue weighted by Crippen LogP contribution is 2.25.